The molecule has 2 aromatic heterocycles. The summed E-state index contributed by atoms with van der Waals surface area (Å²) in [7, 11) is 0. The van der Waals surface area contributed by atoms with Gasteiger partial charge in [-0.3, -0.25) is 9.78 Å². The van der Waals surface area contributed by atoms with Crippen molar-refractivity contribution in [2.45, 2.75) is 43.9 Å². The van der Waals surface area contributed by atoms with Crippen LogP contribution in [0.25, 0.3) is 11.0 Å². The van der Waals surface area contributed by atoms with E-state index in [1.165, 1.54) is 17.6 Å². The van der Waals surface area contributed by atoms with Crippen molar-refractivity contribution >= 4 is 17.0 Å². The molecule has 1 fully saturated rings. The first-order chi connectivity index (χ1) is 11.8. The Morgan fingerprint density at radius 3 is 2.96 bits per heavy atom. The number of nitrogens with one attached hydrogen (secondary N) is 1. The highest BCUT2D eigenvalue weighted by Gasteiger charge is 2.56. The molecule has 25 heavy (non-hydrogen) atoms. The summed E-state index contributed by atoms with van der Waals surface area (Å²) in [4.78, 5) is 29.4. The number of aliphatic hydroxyl groups excluding tert-OH is 1. The van der Waals surface area contributed by atoms with E-state index in [1.807, 2.05) is 0 Å². The highest BCUT2D eigenvalue weighted by atomic mass is 16.5. The number of hydrogen-bond donors (Lipinski definition) is 4. The lowest BCUT2D eigenvalue weighted by Gasteiger charge is -2.28. The van der Waals surface area contributed by atoms with E-state index in [1.54, 1.807) is 13.1 Å². The summed E-state index contributed by atoms with van der Waals surface area (Å²) in [6.45, 7) is 3.08. The van der Waals surface area contributed by atoms with Crippen molar-refractivity contribution < 1.29 is 9.84 Å². The molecule has 1 aliphatic rings. The average Bonchev–Trinajstić information content (AvgIpc) is 3.08. The summed E-state index contributed by atoms with van der Waals surface area (Å²) in [5.41, 5.74) is 10.3. The fourth-order valence-corrected chi connectivity index (χ4v) is 3.09. The number of anilines is 1. The van der Waals surface area contributed by atoms with Gasteiger partial charge < -0.3 is 25.9 Å². The topological polar surface area (TPSA) is 162 Å². The maximum Gasteiger partial charge on any atom is 0.261 e. The lowest BCUT2D eigenvalue weighted by atomic mass is 9.89. The van der Waals surface area contributed by atoms with Crippen LogP contribution >= 0.6 is 0 Å². The van der Waals surface area contributed by atoms with Crippen molar-refractivity contribution in [1.82, 2.24) is 14.5 Å². The molecule has 3 heterocycles. The molecular weight excluding hydrogens is 328 g/mol. The van der Waals surface area contributed by atoms with E-state index in [2.05, 4.69) is 27.0 Å². The first kappa shape index (κ1) is 17.1. The minimum Gasteiger partial charge on any atom is -0.387 e. The number of nitrogens with two attached hydrogens (primary N) is 2. The molecule has 10 nitrogen and oxygen atoms in total. The normalized spacial score (nSPS) is 30.0. The van der Waals surface area contributed by atoms with Crippen LogP contribution < -0.4 is 17.0 Å². The molecule has 1 aliphatic heterocycles. The van der Waals surface area contributed by atoms with Crippen LogP contribution in [-0.4, -0.2) is 43.4 Å². The maximum absolute atomic E-state index is 12.0. The van der Waals surface area contributed by atoms with Crippen LogP contribution in [-0.2, 0) is 4.74 Å². The summed E-state index contributed by atoms with van der Waals surface area (Å²) in [5.74, 6) is 5.36. The summed E-state index contributed by atoms with van der Waals surface area (Å²) in [6, 6.07) is 0.690. The van der Waals surface area contributed by atoms with Crippen molar-refractivity contribution in [3.05, 3.63) is 27.5 Å². The molecule has 1 unspecified atom stereocenters. The third kappa shape index (κ3) is 2.49. The number of aliphatic hydroxyl groups is 1. The zero-order valence-corrected chi connectivity index (χ0v) is 13.6. The van der Waals surface area contributed by atoms with Gasteiger partial charge in [-0.05, 0) is 19.9 Å². The van der Waals surface area contributed by atoms with Crippen LogP contribution in [0.1, 0.15) is 20.1 Å². The Balaban J connectivity index is 2.19. The molecule has 3 rings (SSSR count). The van der Waals surface area contributed by atoms with E-state index in [4.69, 9.17) is 16.2 Å². The van der Waals surface area contributed by atoms with Crippen molar-refractivity contribution in [2.24, 2.45) is 10.9 Å². The number of nitrogen functional groups attached to an aromatic ring is 1. The number of nitrogens with zero attached hydrogens (tertiary/aromatic N) is 3. The number of aromatic amines is 1. The van der Waals surface area contributed by atoms with Gasteiger partial charge in [-0.25, -0.2) is 0 Å². The van der Waals surface area contributed by atoms with Gasteiger partial charge in [-0.1, -0.05) is 11.1 Å². The number of hydrogen-bond acceptors (Lipinski definition) is 8. The van der Waals surface area contributed by atoms with Crippen LogP contribution in [0.15, 0.2) is 22.2 Å². The Morgan fingerprint density at radius 1 is 1.60 bits per heavy atom. The van der Waals surface area contributed by atoms with Crippen LogP contribution in [0.5, 0.6) is 0 Å². The van der Waals surface area contributed by atoms with Crippen molar-refractivity contribution in [2.75, 3.05) is 5.73 Å². The molecule has 6 N–H and O–H groups in total. The van der Waals surface area contributed by atoms with Gasteiger partial charge in [0.2, 0.25) is 5.95 Å². The fourth-order valence-electron chi connectivity index (χ4n) is 3.09. The van der Waals surface area contributed by atoms with E-state index in [9.17, 15) is 14.8 Å². The fraction of sp³-hybridized carbons (Fsp3) is 0.467. The first-order valence-corrected chi connectivity index (χ1v) is 7.58. The molecule has 0 amide bonds. The van der Waals surface area contributed by atoms with Gasteiger partial charge >= 0.3 is 0 Å². The first-order valence-electron chi connectivity index (χ1n) is 7.58. The van der Waals surface area contributed by atoms with Gasteiger partial charge in [0.25, 0.3) is 5.56 Å². The number of fused-ring (bicyclic) bond motifs is 1. The van der Waals surface area contributed by atoms with Crippen LogP contribution in [0.2, 0.25) is 0 Å². The SMILES string of the molecule is CC#C[C@@]1(N)C(O)[C@@H]([C@@H](C)N=O)O[C@H]1n1ccc2c(=O)[nH]c(N)nc21. The Kier molecular flexibility index (Phi) is 4.08. The Hall–Kier alpha value is -2.74. The van der Waals surface area contributed by atoms with Crippen molar-refractivity contribution in [3.63, 3.8) is 0 Å². The van der Waals surface area contributed by atoms with Crippen molar-refractivity contribution in [3.8, 4) is 11.8 Å². The quantitative estimate of drug-likeness (QED) is 0.427. The van der Waals surface area contributed by atoms with Crippen molar-refractivity contribution in [1.29, 1.82) is 0 Å². The summed E-state index contributed by atoms with van der Waals surface area (Å²) in [5, 5.41) is 13.8. The predicted molar refractivity (Wildman–Crippen MR) is 90.3 cm³/mol. The summed E-state index contributed by atoms with van der Waals surface area (Å²) < 4.78 is 7.30. The minimum absolute atomic E-state index is 0.0698. The molecule has 0 radical (unpaired) electrons. The zero-order valence-electron chi connectivity index (χ0n) is 13.6. The molecule has 0 saturated carbocycles. The second kappa shape index (κ2) is 5.96. The van der Waals surface area contributed by atoms with Gasteiger partial charge in [-0.15, -0.1) is 5.92 Å². The van der Waals surface area contributed by atoms with Gasteiger partial charge in [0.05, 0.1) is 5.39 Å². The number of H-pyrrole nitrogens is 1. The lowest BCUT2D eigenvalue weighted by Crippen LogP contribution is -2.54. The van der Waals surface area contributed by atoms with E-state index in [0.29, 0.717) is 0 Å². The lowest BCUT2D eigenvalue weighted by molar-refractivity contribution is -0.0287. The zero-order chi connectivity index (χ0) is 18.4. The van der Waals surface area contributed by atoms with E-state index in [-0.39, 0.29) is 17.0 Å². The molecular formula is C15H18N6O4. The standard InChI is InChI=1S/C15H18N6O4/c1-3-5-15(17)10(22)9(7(2)20-24)25-13(15)21-6-4-8-11(21)18-14(16)19-12(8)23/h4,6-7,9-10,13,22H,17H2,1-2H3,(H3,16,18,19,23)/t7-,9-,10?,13-,15-/m1/s1. The monoisotopic (exact) mass is 346 g/mol. The van der Waals surface area contributed by atoms with E-state index < -0.39 is 35.6 Å². The Morgan fingerprint density at radius 2 is 2.32 bits per heavy atom. The number of ether oxygens (including phenoxy) is 1. The number of aromatic nitrogens is 3. The molecule has 0 aliphatic carbocycles. The average molecular weight is 346 g/mol. The minimum atomic E-state index is -1.52. The molecule has 10 heteroatoms. The Bertz CT molecular complexity index is 941. The molecule has 0 spiro atoms. The summed E-state index contributed by atoms with van der Waals surface area (Å²) in [6.07, 6.45) is -1.67. The third-order valence-electron chi connectivity index (χ3n) is 4.33. The van der Waals surface area contributed by atoms with Gasteiger partial charge in [0, 0.05) is 6.20 Å². The highest BCUT2D eigenvalue weighted by Crippen LogP contribution is 2.39. The molecule has 0 aromatic carbocycles. The maximum atomic E-state index is 12.0. The second-order valence-electron chi connectivity index (χ2n) is 5.96. The largest absolute Gasteiger partial charge is 0.387 e. The Labute approximate surface area is 142 Å². The van der Waals surface area contributed by atoms with E-state index >= 15 is 0 Å². The number of nitroso groups, excluding NO2 is 1. The third-order valence-corrected chi connectivity index (χ3v) is 4.33. The molecule has 132 valence electrons. The van der Waals surface area contributed by atoms with Crippen LogP contribution in [0.3, 0.4) is 0 Å². The second-order valence-corrected chi connectivity index (χ2v) is 5.96. The van der Waals surface area contributed by atoms with Gasteiger partial charge in [0.15, 0.2) is 17.4 Å². The molecule has 2 aromatic rings. The van der Waals surface area contributed by atoms with Crippen LogP contribution in [0.4, 0.5) is 5.95 Å². The van der Waals surface area contributed by atoms with Gasteiger partial charge in [-0.2, -0.15) is 9.89 Å². The van der Waals surface area contributed by atoms with Crippen LogP contribution in [0, 0.1) is 16.7 Å². The van der Waals surface area contributed by atoms with Gasteiger partial charge in [0.1, 0.15) is 18.2 Å². The highest BCUT2D eigenvalue weighted by molar-refractivity contribution is 5.76. The smallest absolute Gasteiger partial charge is 0.261 e. The molecule has 0 bridgehead atoms. The summed E-state index contributed by atoms with van der Waals surface area (Å²) >= 11 is 0. The predicted octanol–water partition coefficient (Wildman–Crippen LogP) is -0.559. The number of rotatable bonds is 3. The van der Waals surface area contributed by atoms with E-state index in [0.717, 1.165) is 0 Å². The molecule has 5 atom stereocenters. The molecule has 1 saturated heterocycles.